The van der Waals surface area contributed by atoms with E-state index < -0.39 is 0 Å². The maximum Gasteiger partial charge on any atom is 0.0429 e. The first-order valence-corrected chi connectivity index (χ1v) is 6.91. The number of hydrogen-bond donors (Lipinski definition) is 1. The Kier molecular flexibility index (Phi) is 3.26. The largest absolute Gasteiger partial charge is 0.367 e. The van der Waals surface area contributed by atoms with E-state index in [2.05, 4.69) is 53.4 Å². The maximum absolute atomic E-state index is 5.99. The number of anilines is 1. The minimum atomic E-state index is 0.101. The molecule has 0 saturated heterocycles. The van der Waals surface area contributed by atoms with E-state index in [0.717, 1.165) is 19.5 Å². The molecule has 1 aliphatic rings. The highest BCUT2D eigenvalue weighted by atomic mass is 15.1. The molecule has 3 rings (SSSR count). The highest BCUT2D eigenvalue weighted by molar-refractivity contribution is 5.60. The second kappa shape index (κ2) is 5.06. The van der Waals surface area contributed by atoms with E-state index in [4.69, 9.17) is 5.73 Å². The van der Waals surface area contributed by atoms with Gasteiger partial charge in [-0.25, -0.2) is 0 Å². The molecular formula is C17H20N2. The summed E-state index contributed by atoms with van der Waals surface area (Å²) in [5.41, 5.74) is 11.4. The summed E-state index contributed by atoms with van der Waals surface area (Å²) in [6, 6.07) is 17.4. The first-order chi connectivity index (χ1) is 9.24. The Morgan fingerprint density at radius 1 is 1.16 bits per heavy atom. The van der Waals surface area contributed by atoms with Crippen molar-refractivity contribution in [2.24, 2.45) is 5.73 Å². The molecule has 2 nitrogen and oxygen atoms in total. The van der Waals surface area contributed by atoms with Gasteiger partial charge in [-0.3, -0.25) is 0 Å². The van der Waals surface area contributed by atoms with Gasteiger partial charge in [0.05, 0.1) is 0 Å². The van der Waals surface area contributed by atoms with Crippen molar-refractivity contribution in [1.29, 1.82) is 0 Å². The van der Waals surface area contributed by atoms with Gasteiger partial charge in [0.25, 0.3) is 0 Å². The van der Waals surface area contributed by atoms with Crippen molar-refractivity contribution >= 4 is 5.69 Å². The van der Waals surface area contributed by atoms with Crippen LogP contribution in [-0.2, 0) is 13.0 Å². The summed E-state index contributed by atoms with van der Waals surface area (Å²) in [6.07, 6.45) is 1.14. The van der Waals surface area contributed by atoms with Crippen LogP contribution in [0.2, 0.25) is 0 Å². The molecule has 0 radical (unpaired) electrons. The van der Waals surface area contributed by atoms with Gasteiger partial charge in [-0.15, -0.1) is 0 Å². The molecule has 2 N–H and O–H groups in total. The van der Waals surface area contributed by atoms with Crippen molar-refractivity contribution in [3.63, 3.8) is 0 Å². The molecule has 2 aromatic rings. The van der Waals surface area contributed by atoms with E-state index in [9.17, 15) is 0 Å². The third-order valence-corrected chi connectivity index (χ3v) is 3.84. The fraction of sp³-hybridized carbons (Fsp3) is 0.294. The Bertz CT molecular complexity index is 561. The second-order valence-electron chi connectivity index (χ2n) is 5.33. The molecule has 0 aliphatic carbocycles. The number of nitrogens with two attached hydrogens (primary N) is 1. The summed E-state index contributed by atoms with van der Waals surface area (Å²) in [4.78, 5) is 2.45. The summed E-state index contributed by atoms with van der Waals surface area (Å²) in [6.45, 7) is 4.13. The van der Waals surface area contributed by atoms with Crippen LogP contribution < -0.4 is 10.6 Å². The van der Waals surface area contributed by atoms with E-state index in [0.29, 0.717) is 0 Å². The molecular weight excluding hydrogens is 232 g/mol. The standard InChI is InChI=1S/C17H20N2/c1-13(18)16-8-7-15-9-10-19(17(15)11-16)12-14-5-3-2-4-6-14/h2-8,11,13H,9-10,12,18H2,1H3. The molecule has 0 bridgehead atoms. The maximum atomic E-state index is 5.99. The average molecular weight is 252 g/mol. The predicted molar refractivity (Wildman–Crippen MR) is 80.2 cm³/mol. The molecule has 0 saturated carbocycles. The Morgan fingerprint density at radius 2 is 1.95 bits per heavy atom. The zero-order valence-corrected chi connectivity index (χ0v) is 11.3. The smallest absolute Gasteiger partial charge is 0.0429 e. The van der Waals surface area contributed by atoms with Gasteiger partial charge in [0.15, 0.2) is 0 Å². The quantitative estimate of drug-likeness (QED) is 0.908. The Balaban J connectivity index is 1.86. The van der Waals surface area contributed by atoms with Gasteiger partial charge in [-0.1, -0.05) is 42.5 Å². The molecule has 0 spiro atoms. The van der Waals surface area contributed by atoms with Crippen LogP contribution >= 0.6 is 0 Å². The molecule has 1 atom stereocenters. The van der Waals surface area contributed by atoms with Crippen LogP contribution in [0.5, 0.6) is 0 Å². The van der Waals surface area contributed by atoms with Crippen molar-refractivity contribution in [3.05, 3.63) is 65.2 Å². The monoisotopic (exact) mass is 252 g/mol. The minimum Gasteiger partial charge on any atom is -0.367 e. The number of fused-ring (bicyclic) bond motifs is 1. The van der Waals surface area contributed by atoms with Crippen LogP contribution in [0.4, 0.5) is 5.69 Å². The van der Waals surface area contributed by atoms with Crippen molar-refractivity contribution < 1.29 is 0 Å². The predicted octanol–water partition coefficient (Wildman–Crippen LogP) is 3.27. The number of rotatable bonds is 3. The third kappa shape index (κ3) is 2.49. The van der Waals surface area contributed by atoms with E-state index >= 15 is 0 Å². The molecule has 0 fully saturated rings. The first kappa shape index (κ1) is 12.2. The third-order valence-electron chi connectivity index (χ3n) is 3.84. The lowest BCUT2D eigenvalue weighted by Gasteiger charge is -2.20. The number of nitrogens with zero attached hydrogens (tertiary/aromatic N) is 1. The zero-order chi connectivity index (χ0) is 13.2. The van der Waals surface area contributed by atoms with Crippen LogP contribution in [0.15, 0.2) is 48.5 Å². The average Bonchev–Trinajstić information content (AvgIpc) is 2.82. The van der Waals surface area contributed by atoms with Crippen molar-refractivity contribution in [1.82, 2.24) is 0 Å². The summed E-state index contributed by atoms with van der Waals surface area (Å²) in [5, 5.41) is 0. The lowest BCUT2D eigenvalue weighted by atomic mass is 10.0. The van der Waals surface area contributed by atoms with Crippen molar-refractivity contribution in [2.75, 3.05) is 11.4 Å². The summed E-state index contributed by atoms with van der Waals surface area (Å²) in [7, 11) is 0. The molecule has 2 heteroatoms. The number of hydrogen-bond acceptors (Lipinski definition) is 2. The normalized spacial score (nSPS) is 15.4. The molecule has 0 amide bonds. The van der Waals surface area contributed by atoms with Gasteiger partial charge in [-0.2, -0.15) is 0 Å². The SMILES string of the molecule is CC(N)c1ccc2c(c1)N(Cc1ccccc1)CC2. The second-order valence-corrected chi connectivity index (χ2v) is 5.33. The molecule has 0 aromatic heterocycles. The van der Waals surface area contributed by atoms with Crippen molar-refractivity contribution in [2.45, 2.75) is 25.9 Å². The molecule has 98 valence electrons. The van der Waals surface area contributed by atoms with Gasteiger partial charge in [0.1, 0.15) is 0 Å². The van der Waals surface area contributed by atoms with Gasteiger partial charge in [-0.05, 0) is 36.1 Å². The van der Waals surface area contributed by atoms with Crippen LogP contribution in [-0.4, -0.2) is 6.54 Å². The fourth-order valence-electron chi connectivity index (χ4n) is 2.71. The lowest BCUT2D eigenvalue weighted by Crippen LogP contribution is -2.19. The molecule has 1 heterocycles. The van der Waals surface area contributed by atoms with Gasteiger partial charge >= 0.3 is 0 Å². The summed E-state index contributed by atoms with van der Waals surface area (Å²) in [5.74, 6) is 0. The fourth-order valence-corrected chi connectivity index (χ4v) is 2.71. The van der Waals surface area contributed by atoms with Gasteiger partial charge in [0, 0.05) is 24.8 Å². The Morgan fingerprint density at radius 3 is 2.68 bits per heavy atom. The highest BCUT2D eigenvalue weighted by Crippen LogP contribution is 2.31. The van der Waals surface area contributed by atoms with E-state index in [-0.39, 0.29) is 6.04 Å². The highest BCUT2D eigenvalue weighted by Gasteiger charge is 2.19. The van der Waals surface area contributed by atoms with Crippen molar-refractivity contribution in [3.8, 4) is 0 Å². The topological polar surface area (TPSA) is 29.3 Å². The molecule has 19 heavy (non-hydrogen) atoms. The summed E-state index contributed by atoms with van der Waals surface area (Å²) < 4.78 is 0. The molecule has 1 unspecified atom stereocenters. The van der Waals surface area contributed by atoms with Crippen LogP contribution in [0.3, 0.4) is 0 Å². The Labute approximate surface area is 114 Å². The van der Waals surface area contributed by atoms with E-state index in [1.807, 2.05) is 6.92 Å². The first-order valence-electron chi connectivity index (χ1n) is 6.91. The summed E-state index contributed by atoms with van der Waals surface area (Å²) >= 11 is 0. The zero-order valence-electron chi connectivity index (χ0n) is 11.3. The number of benzene rings is 2. The lowest BCUT2D eigenvalue weighted by molar-refractivity contribution is 0.812. The van der Waals surface area contributed by atoms with E-state index in [1.165, 1.54) is 22.4 Å². The Hall–Kier alpha value is -1.80. The molecule has 2 aromatic carbocycles. The van der Waals surface area contributed by atoms with E-state index in [1.54, 1.807) is 0 Å². The van der Waals surface area contributed by atoms with Gasteiger partial charge in [0.2, 0.25) is 0 Å². The molecule has 1 aliphatic heterocycles. The van der Waals surface area contributed by atoms with Gasteiger partial charge < -0.3 is 10.6 Å². The van der Waals surface area contributed by atoms with Crippen LogP contribution in [0.25, 0.3) is 0 Å². The van der Waals surface area contributed by atoms with Crippen LogP contribution in [0.1, 0.15) is 29.7 Å². The minimum absolute atomic E-state index is 0.101. The van der Waals surface area contributed by atoms with Crippen LogP contribution in [0, 0.1) is 0 Å².